The number of amides is 1. The van der Waals surface area contributed by atoms with Crippen molar-refractivity contribution in [2.45, 2.75) is 32.7 Å². The Hall–Kier alpha value is -2.04. The molecule has 1 amide bonds. The molecule has 1 saturated carbocycles. The molecular formula is C15H21N3O2. The molecule has 0 saturated heterocycles. The zero-order valence-corrected chi connectivity index (χ0v) is 11.7. The summed E-state index contributed by atoms with van der Waals surface area (Å²) in [5.41, 5.74) is 7.15. The first kappa shape index (κ1) is 14.4. The number of hydrogen-bond acceptors (Lipinski definition) is 3. The monoisotopic (exact) mass is 275 g/mol. The molecule has 2 rings (SSSR count). The summed E-state index contributed by atoms with van der Waals surface area (Å²) in [7, 11) is 0. The zero-order valence-electron chi connectivity index (χ0n) is 11.7. The third-order valence-corrected chi connectivity index (χ3v) is 4.02. The maximum absolute atomic E-state index is 12.1. The second kappa shape index (κ2) is 6.41. The van der Waals surface area contributed by atoms with Gasteiger partial charge in [-0.05, 0) is 24.3 Å². The van der Waals surface area contributed by atoms with Gasteiger partial charge >= 0.3 is 0 Å². The van der Waals surface area contributed by atoms with E-state index < -0.39 is 0 Å². The van der Waals surface area contributed by atoms with E-state index >= 15 is 0 Å². The van der Waals surface area contributed by atoms with Crippen LogP contribution in [0.3, 0.4) is 0 Å². The molecule has 5 nitrogen and oxygen atoms in total. The van der Waals surface area contributed by atoms with Gasteiger partial charge in [0.05, 0.1) is 0 Å². The van der Waals surface area contributed by atoms with Gasteiger partial charge in [-0.3, -0.25) is 4.79 Å². The van der Waals surface area contributed by atoms with Crippen LogP contribution in [0.25, 0.3) is 0 Å². The Morgan fingerprint density at radius 3 is 2.65 bits per heavy atom. The molecular weight excluding hydrogens is 254 g/mol. The molecule has 1 aliphatic rings. The van der Waals surface area contributed by atoms with Crippen LogP contribution in [0.2, 0.25) is 0 Å². The van der Waals surface area contributed by atoms with Gasteiger partial charge < -0.3 is 16.3 Å². The van der Waals surface area contributed by atoms with E-state index in [1.807, 2.05) is 12.1 Å². The van der Waals surface area contributed by atoms with Crippen LogP contribution in [-0.4, -0.2) is 17.0 Å². The van der Waals surface area contributed by atoms with E-state index in [0.717, 1.165) is 24.8 Å². The number of hydrogen-bond donors (Lipinski definition) is 3. The Kier molecular flexibility index (Phi) is 4.61. The number of nitrogens with one attached hydrogen (secondary N) is 1. The third kappa shape index (κ3) is 3.29. The average molecular weight is 275 g/mol. The highest BCUT2D eigenvalue weighted by molar-refractivity contribution is 5.96. The van der Waals surface area contributed by atoms with Gasteiger partial charge in [0, 0.05) is 18.0 Å². The van der Waals surface area contributed by atoms with E-state index in [2.05, 4.69) is 17.4 Å². The van der Waals surface area contributed by atoms with Crippen LogP contribution in [0.1, 0.15) is 37.3 Å². The van der Waals surface area contributed by atoms with Crippen molar-refractivity contribution in [1.29, 1.82) is 0 Å². The molecule has 0 aromatic heterocycles. The Balaban J connectivity index is 1.89. The number of carbonyl (C=O) groups excluding carboxylic acids is 1. The minimum Gasteiger partial charge on any atom is -0.409 e. The number of nitrogens with two attached hydrogens (primary N) is 1. The van der Waals surface area contributed by atoms with E-state index in [1.54, 1.807) is 12.1 Å². The number of amidine groups is 1. The molecule has 1 aliphatic carbocycles. The van der Waals surface area contributed by atoms with Gasteiger partial charge in [-0.25, -0.2) is 0 Å². The van der Waals surface area contributed by atoms with Crippen molar-refractivity contribution in [1.82, 2.24) is 5.32 Å². The average Bonchev–Trinajstić information content (AvgIpc) is 2.90. The summed E-state index contributed by atoms with van der Waals surface area (Å²) in [6, 6.07) is 7.28. The van der Waals surface area contributed by atoms with Crippen LogP contribution in [-0.2, 0) is 11.3 Å². The molecule has 2 atom stereocenters. The van der Waals surface area contributed by atoms with Crippen LogP contribution in [0, 0.1) is 11.8 Å². The zero-order chi connectivity index (χ0) is 14.5. The van der Waals surface area contributed by atoms with Gasteiger partial charge in [0.25, 0.3) is 0 Å². The minimum absolute atomic E-state index is 0.0837. The van der Waals surface area contributed by atoms with E-state index in [-0.39, 0.29) is 17.7 Å². The Morgan fingerprint density at radius 2 is 2.10 bits per heavy atom. The molecule has 0 heterocycles. The number of rotatable bonds is 4. The quantitative estimate of drug-likeness (QED) is 0.339. The van der Waals surface area contributed by atoms with Gasteiger partial charge in [0.1, 0.15) is 0 Å². The fraction of sp³-hybridized carbons (Fsp3) is 0.467. The molecule has 1 fully saturated rings. The normalized spacial score (nSPS) is 22.8. The van der Waals surface area contributed by atoms with E-state index in [0.29, 0.717) is 18.0 Å². The molecule has 2 unspecified atom stereocenters. The fourth-order valence-corrected chi connectivity index (χ4v) is 2.71. The van der Waals surface area contributed by atoms with E-state index in [1.165, 1.54) is 0 Å². The highest BCUT2D eigenvalue weighted by Gasteiger charge is 2.29. The SMILES string of the molecule is CC1CCCC1C(=O)NCc1ccc(/C(N)=N/O)cc1. The number of oxime groups is 1. The molecule has 0 bridgehead atoms. The van der Waals surface area contributed by atoms with Crippen LogP contribution in [0.4, 0.5) is 0 Å². The highest BCUT2D eigenvalue weighted by Crippen LogP contribution is 2.31. The van der Waals surface area contributed by atoms with E-state index in [4.69, 9.17) is 10.9 Å². The lowest BCUT2D eigenvalue weighted by Gasteiger charge is -2.15. The van der Waals surface area contributed by atoms with Crippen molar-refractivity contribution >= 4 is 11.7 Å². The van der Waals surface area contributed by atoms with Crippen LogP contribution >= 0.6 is 0 Å². The molecule has 0 aliphatic heterocycles. The molecule has 4 N–H and O–H groups in total. The van der Waals surface area contributed by atoms with Crippen molar-refractivity contribution in [2.24, 2.45) is 22.7 Å². The molecule has 20 heavy (non-hydrogen) atoms. The molecule has 0 spiro atoms. The van der Waals surface area contributed by atoms with Gasteiger partial charge in [-0.2, -0.15) is 0 Å². The maximum Gasteiger partial charge on any atom is 0.223 e. The van der Waals surface area contributed by atoms with Crippen LogP contribution in [0.15, 0.2) is 29.4 Å². The predicted molar refractivity (Wildman–Crippen MR) is 77.3 cm³/mol. The lowest BCUT2D eigenvalue weighted by Crippen LogP contribution is -2.31. The van der Waals surface area contributed by atoms with E-state index in [9.17, 15) is 4.79 Å². The minimum atomic E-state index is 0.0837. The first-order valence-corrected chi connectivity index (χ1v) is 6.96. The van der Waals surface area contributed by atoms with Crippen molar-refractivity contribution < 1.29 is 10.0 Å². The summed E-state index contributed by atoms with van der Waals surface area (Å²) in [6.45, 7) is 2.65. The molecule has 1 aromatic carbocycles. The van der Waals surface area contributed by atoms with Gasteiger partial charge in [0.2, 0.25) is 5.91 Å². The fourth-order valence-electron chi connectivity index (χ4n) is 2.71. The maximum atomic E-state index is 12.1. The third-order valence-electron chi connectivity index (χ3n) is 4.02. The summed E-state index contributed by atoms with van der Waals surface area (Å²) in [4.78, 5) is 12.1. The molecule has 1 aromatic rings. The van der Waals surface area contributed by atoms with Crippen molar-refractivity contribution in [3.8, 4) is 0 Å². The Labute approximate surface area is 118 Å². The summed E-state index contributed by atoms with van der Waals surface area (Å²) >= 11 is 0. The molecule has 5 heteroatoms. The van der Waals surface area contributed by atoms with Crippen LogP contribution in [0.5, 0.6) is 0 Å². The lowest BCUT2D eigenvalue weighted by atomic mass is 9.97. The van der Waals surface area contributed by atoms with Gasteiger partial charge in [-0.1, -0.05) is 42.8 Å². The molecule has 108 valence electrons. The first-order chi connectivity index (χ1) is 9.61. The number of nitrogens with zero attached hydrogens (tertiary/aromatic N) is 1. The highest BCUT2D eigenvalue weighted by atomic mass is 16.4. The lowest BCUT2D eigenvalue weighted by molar-refractivity contribution is -0.126. The number of benzene rings is 1. The predicted octanol–water partition coefficient (Wildman–Crippen LogP) is 1.83. The second-order valence-electron chi connectivity index (χ2n) is 5.41. The summed E-state index contributed by atoms with van der Waals surface area (Å²) in [5, 5.41) is 14.5. The summed E-state index contributed by atoms with van der Waals surface area (Å²) < 4.78 is 0. The van der Waals surface area contributed by atoms with Crippen molar-refractivity contribution in [2.75, 3.05) is 0 Å². The van der Waals surface area contributed by atoms with Gasteiger partial charge in [0.15, 0.2) is 5.84 Å². The van der Waals surface area contributed by atoms with Crippen molar-refractivity contribution in [3.63, 3.8) is 0 Å². The smallest absolute Gasteiger partial charge is 0.223 e. The Bertz CT molecular complexity index is 496. The standard InChI is InChI=1S/C15H21N3O2/c1-10-3-2-4-13(10)15(19)17-9-11-5-7-12(8-6-11)14(16)18-20/h5-8,10,13,20H,2-4,9H2,1H3,(H2,16,18)(H,17,19). The summed E-state index contributed by atoms with van der Waals surface area (Å²) in [5.74, 6) is 0.875. The summed E-state index contributed by atoms with van der Waals surface area (Å²) in [6.07, 6.45) is 3.29. The van der Waals surface area contributed by atoms with Crippen molar-refractivity contribution in [3.05, 3.63) is 35.4 Å². The Morgan fingerprint density at radius 1 is 1.40 bits per heavy atom. The molecule has 0 radical (unpaired) electrons. The largest absolute Gasteiger partial charge is 0.409 e. The number of carbonyl (C=O) groups is 1. The topological polar surface area (TPSA) is 87.7 Å². The second-order valence-corrected chi connectivity index (χ2v) is 5.41. The van der Waals surface area contributed by atoms with Gasteiger partial charge in [-0.15, -0.1) is 0 Å². The van der Waals surface area contributed by atoms with Crippen LogP contribution < -0.4 is 11.1 Å². The first-order valence-electron chi connectivity index (χ1n) is 6.96.